The van der Waals surface area contributed by atoms with Gasteiger partial charge in [0.15, 0.2) is 11.5 Å². The molecule has 2 aliphatic heterocycles. The number of fused-ring (bicyclic) bond motifs is 1. The van der Waals surface area contributed by atoms with Crippen molar-refractivity contribution >= 4 is 17.5 Å². The minimum absolute atomic E-state index is 0.0391. The predicted octanol–water partition coefficient (Wildman–Crippen LogP) is 1.23. The standard InChI is InChI=1S/C18H25N3O4/c1-3-20(4-2)8-7-19-18(23)13-9-17(22)21(11-13)14-5-6-15-16(10-14)25-12-24-15/h5-6,10,13H,3-4,7-9,11-12H2,1-2H3,(H,19,23). The van der Waals surface area contributed by atoms with Crippen LogP contribution >= 0.6 is 0 Å². The van der Waals surface area contributed by atoms with Crippen LogP contribution in [0.25, 0.3) is 0 Å². The van der Waals surface area contributed by atoms with E-state index in [1.54, 1.807) is 17.0 Å². The summed E-state index contributed by atoms with van der Waals surface area (Å²) in [6, 6.07) is 5.41. The Hall–Kier alpha value is -2.28. The molecule has 2 heterocycles. The van der Waals surface area contributed by atoms with Crippen LogP contribution < -0.4 is 19.7 Å². The van der Waals surface area contributed by atoms with Gasteiger partial charge in [-0.3, -0.25) is 9.59 Å². The lowest BCUT2D eigenvalue weighted by Crippen LogP contribution is -2.38. The summed E-state index contributed by atoms with van der Waals surface area (Å²) in [6.45, 7) is 8.16. The first-order chi connectivity index (χ1) is 12.1. The summed E-state index contributed by atoms with van der Waals surface area (Å²) in [5.74, 6) is 0.916. The van der Waals surface area contributed by atoms with E-state index in [1.165, 1.54) is 0 Å². The summed E-state index contributed by atoms with van der Waals surface area (Å²) in [5, 5.41) is 2.95. The van der Waals surface area contributed by atoms with Gasteiger partial charge < -0.3 is 24.6 Å². The molecule has 0 aliphatic carbocycles. The molecular formula is C18H25N3O4. The summed E-state index contributed by atoms with van der Waals surface area (Å²) in [5.41, 5.74) is 0.743. The highest BCUT2D eigenvalue weighted by Gasteiger charge is 2.35. The maximum absolute atomic E-state index is 12.4. The predicted molar refractivity (Wildman–Crippen MR) is 93.8 cm³/mol. The molecule has 1 unspecified atom stereocenters. The van der Waals surface area contributed by atoms with E-state index in [2.05, 4.69) is 24.1 Å². The molecule has 2 amide bonds. The zero-order chi connectivity index (χ0) is 17.8. The quantitative estimate of drug-likeness (QED) is 0.803. The number of ether oxygens (including phenoxy) is 2. The van der Waals surface area contributed by atoms with Crippen LogP contribution in [-0.4, -0.2) is 56.2 Å². The topological polar surface area (TPSA) is 71.1 Å². The third kappa shape index (κ3) is 3.87. The summed E-state index contributed by atoms with van der Waals surface area (Å²) < 4.78 is 10.7. The Kier molecular flexibility index (Phi) is 5.43. The lowest BCUT2D eigenvalue weighted by Gasteiger charge is -2.19. The molecule has 1 atom stereocenters. The molecule has 1 aromatic rings. The SMILES string of the molecule is CCN(CC)CCNC(=O)C1CC(=O)N(c2ccc3c(c2)OCO3)C1. The van der Waals surface area contributed by atoms with E-state index in [-0.39, 0.29) is 30.9 Å². The van der Waals surface area contributed by atoms with Crippen LogP contribution in [0.15, 0.2) is 18.2 Å². The van der Waals surface area contributed by atoms with Gasteiger partial charge in [-0.25, -0.2) is 0 Å². The molecule has 136 valence electrons. The van der Waals surface area contributed by atoms with Gasteiger partial charge in [0.25, 0.3) is 0 Å². The van der Waals surface area contributed by atoms with Crippen molar-refractivity contribution in [2.45, 2.75) is 20.3 Å². The van der Waals surface area contributed by atoms with Gasteiger partial charge in [0.2, 0.25) is 18.6 Å². The van der Waals surface area contributed by atoms with Gasteiger partial charge in [-0.2, -0.15) is 0 Å². The van der Waals surface area contributed by atoms with E-state index in [9.17, 15) is 9.59 Å². The maximum Gasteiger partial charge on any atom is 0.231 e. The average Bonchev–Trinajstić information content (AvgIpc) is 3.24. The zero-order valence-corrected chi connectivity index (χ0v) is 14.8. The Bertz CT molecular complexity index is 645. The third-order valence-electron chi connectivity index (χ3n) is 4.79. The van der Waals surface area contributed by atoms with Crippen molar-refractivity contribution in [1.29, 1.82) is 0 Å². The lowest BCUT2D eigenvalue weighted by molar-refractivity contribution is -0.126. The van der Waals surface area contributed by atoms with Crippen molar-refractivity contribution in [1.82, 2.24) is 10.2 Å². The molecule has 1 aromatic carbocycles. The number of nitrogens with one attached hydrogen (secondary N) is 1. The molecule has 1 fully saturated rings. The number of anilines is 1. The Labute approximate surface area is 147 Å². The second-order valence-electron chi connectivity index (χ2n) is 6.26. The molecule has 0 bridgehead atoms. The molecule has 3 rings (SSSR count). The molecule has 25 heavy (non-hydrogen) atoms. The van der Waals surface area contributed by atoms with E-state index < -0.39 is 0 Å². The molecule has 2 aliphatic rings. The zero-order valence-electron chi connectivity index (χ0n) is 14.8. The number of benzene rings is 1. The minimum atomic E-state index is -0.311. The monoisotopic (exact) mass is 347 g/mol. The first kappa shape index (κ1) is 17.5. The van der Waals surface area contributed by atoms with Crippen molar-refractivity contribution in [3.63, 3.8) is 0 Å². The van der Waals surface area contributed by atoms with Crippen LogP contribution in [0.5, 0.6) is 11.5 Å². The molecule has 0 spiro atoms. The fourth-order valence-corrected chi connectivity index (χ4v) is 3.21. The molecule has 0 saturated carbocycles. The highest BCUT2D eigenvalue weighted by Crippen LogP contribution is 2.37. The smallest absolute Gasteiger partial charge is 0.231 e. The number of carbonyl (C=O) groups excluding carboxylic acids is 2. The normalized spacial score (nSPS) is 18.9. The first-order valence-electron chi connectivity index (χ1n) is 8.82. The number of likely N-dealkylation sites (N-methyl/N-ethyl adjacent to an activating group) is 1. The molecular weight excluding hydrogens is 322 g/mol. The van der Waals surface area contributed by atoms with Gasteiger partial charge in [-0.15, -0.1) is 0 Å². The van der Waals surface area contributed by atoms with Crippen LogP contribution in [-0.2, 0) is 9.59 Å². The van der Waals surface area contributed by atoms with Gasteiger partial charge in [-0.1, -0.05) is 13.8 Å². The summed E-state index contributed by atoms with van der Waals surface area (Å²) in [4.78, 5) is 28.6. The fourth-order valence-electron chi connectivity index (χ4n) is 3.21. The summed E-state index contributed by atoms with van der Waals surface area (Å²) in [7, 11) is 0. The van der Waals surface area contributed by atoms with Gasteiger partial charge in [0.05, 0.1) is 5.92 Å². The number of nitrogens with zero attached hydrogens (tertiary/aromatic N) is 2. The van der Waals surface area contributed by atoms with Crippen LogP contribution in [0, 0.1) is 5.92 Å². The lowest BCUT2D eigenvalue weighted by atomic mass is 10.1. The second kappa shape index (κ2) is 7.74. The molecule has 1 N–H and O–H groups in total. The summed E-state index contributed by atoms with van der Waals surface area (Å²) in [6.07, 6.45) is 0.242. The maximum atomic E-state index is 12.4. The number of amides is 2. The van der Waals surface area contributed by atoms with Crippen molar-refractivity contribution < 1.29 is 19.1 Å². The fraction of sp³-hybridized carbons (Fsp3) is 0.556. The van der Waals surface area contributed by atoms with Gasteiger partial charge in [0, 0.05) is 37.8 Å². The highest BCUT2D eigenvalue weighted by molar-refractivity contribution is 6.00. The van der Waals surface area contributed by atoms with Crippen LogP contribution in [0.3, 0.4) is 0 Å². The minimum Gasteiger partial charge on any atom is -0.454 e. The van der Waals surface area contributed by atoms with E-state index in [4.69, 9.17) is 9.47 Å². The van der Waals surface area contributed by atoms with E-state index in [0.29, 0.717) is 24.6 Å². The van der Waals surface area contributed by atoms with Crippen molar-refractivity contribution in [3.05, 3.63) is 18.2 Å². The summed E-state index contributed by atoms with van der Waals surface area (Å²) >= 11 is 0. The van der Waals surface area contributed by atoms with Crippen LogP contribution in [0.1, 0.15) is 20.3 Å². The largest absolute Gasteiger partial charge is 0.454 e. The van der Waals surface area contributed by atoms with E-state index in [0.717, 1.165) is 25.3 Å². The average molecular weight is 347 g/mol. The van der Waals surface area contributed by atoms with Crippen LogP contribution in [0.4, 0.5) is 5.69 Å². The van der Waals surface area contributed by atoms with Crippen LogP contribution in [0.2, 0.25) is 0 Å². The Balaban J connectivity index is 1.56. The highest BCUT2D eigenvalue weighted by atomic mass is 16.7. The van der Waals surface area contributed by atoms with Crippen molar-refractivity contribution in [2.75, 3.05) is 44.4 Å². The molecule has 0 aromatic heterocycles. The molecule has 1 saturated heterocycles. The first-order valence-corrected chi connectivity index (χ1v) is 8.82. The van der Waals surface area contributed by atoms with Crippen molar-refractivity contribution in [2.24, 2.45) is 5.92 Å². The molecule has 0 radical (unpaired) electrons. The number of hydrogen-bond acceptors (Lipinski definition) is 5. The number of hydrogen-bond donors (Lipinski definition) is 1. The van der Waals surface area contributed by atoms with Gasteiger partial charge in [0.1, 0.15) is 0 Å². The Morgan fingerprint density at radius 3 is 2.80 bits per heavy atom. The van der Waals surface area contributed by atoms with Gasteiger partial charge >= 0.3 is 0 Å². The van der Waals surface area contributed by atoms with Gasteiger partial charge in [-0.05, 0) is 25.2 Å². The second-order valence-corrected chi connectivity index (χ2v) is 6.26. The van der Waals surface area contributed by atoms with E-state index >= 15 is 0 Å². The van der Waals surface area contributed by atoms with Crippen molar-refractivity contribution in [3.8, 4) is 11.5 Å². The number of carbonyl (C=O) groups is 2. The third-order valence-corrected chi connectivity index (χ3v) is 4.79. The Morgan fingerprint density at radius 2 is 2.04 bits per heavy atom. The van der Waals surface area contributed by atoms with E-state index in [1.807, 2.05) is 6.07 Å². The molecule has 7 nitrogen and oxygen atoms in total. The Morgan fingerprint density at radius 1 is 1.28 bits per heavy atom. The number of rotatable bonds is 7. The molecule has 7 heteroatoms.